The van der Waals surface area contributed by atoms with Crippen molar-refractivity contribution in [3.8, 4) is 0 Å². The molecule has 3 N–H and O–H groups in total. The van der Waals surface area contributed by atoms with Crippen LogP contribution in [0.5, 0.6) is 0 Å². The Kier molecular flexibility index (Phi) is 8.93. The summed E-state index contributed by atoms with van der Waals surface area (Å²) in [7, 11) is 0. The largest absolute Gasteiger partial charge is 0.418 e. The molecule has 2 rings (SSSR count). The lowest BCUT2D eigenvalue weighted by Crippen LogP contribution is -2.51. The molecule has 1 fully saturated rings. The number of nitrogens with one attached hydrogen (secondary N) is 1. The SMILES string of the molecule is CC(C)CN(CC(F)F)[C@@H](CN)C(=O)Nc1ccc(N2CCOCC2=O)c(C(F)(F)F)c1. The molecule has 1 heterocycles. The Bertz CT molecular complexity index is 794. The fraction of sp³-hybridized carbons (Fsp3) is 0.600. The van der Waals surface area contributed by atoms with Gasteiger partial charge in [0.2, 0.25) is 5.91 Å². The van der Waals surface area contributed by atoms with E-state index >= 15 is 0 Å². The van der Waals surface area contributed by atoms with Gasteiger partial charge in [-0.25, -0.2) is 8.78 Å². The smallest absolute Gasteiger partial charge is 0.370 e. The maximum atomic E-state index is 13.7. The fourth-order valence-corrected chi connectivity index (χ4v) is 3.47. The van der Waals surface area contributed by atoms with Crippen LogP contribution in [0.3, 0.4) is 0 Å². The Morgan fingerprint density at radius 3 is 2.50 bits per heavy atom. The van der Waals surface area contributed by atoms with E-state index in [1.807, 2.05) is 0 Å². The van der Waals surface area contributed by atoms with Crippen LogP contribution in [0.15, 0.2) is 18.2 Å². The van der Waals surface area contributed by atoms with Gasteiger partial charge in [0.05, 0.1) is 24.4 Å². The number of halogens is 5. The monoisotopic (exact) mass is 466 g/mol. The van der Waals surface area contributed by atoms with E-state index in [1.54, 1.807) is 13.8 Å². The average Bonchev–Trinajstić information content (AvgIpc) is 2.67. The number of hydrogen-bond donors (Lipinski definition) is 2. The number of benzene rings is 1. The summed E-state index contributed by atoms with van der Waals surface area (Å²) in [4.78, 5) is 26.9. The number of carbonyl (C=O) groups excluding carboxylic acids is 2. The molecule has 1 aromatic carbocycles. The van der Waals surface area contributed by atoms with Crippen molar-refractivity contribution in [3.63, 3.8) is 0 Å². The van der Waals surface area contributed by atoms with Gasteiger partial charge in [0.15, 0.2) is 0 Å². The predicted molar refractivity (Wildman–Crippen MR) is 109 cm³/mol. The highest BCUT2D eigenvalue weighted by Gasteiger charge is 2.37. The zero-order valence-corrected chi connectivity index (χ0v) is 17.8. The highest BCUT2D eigenvalue weighted by atomic mass is 19.4. The van der Waals surface area contributed by atoms with Gasteiger partial charge in [0.1, 0.15) is 12.6 Å². The van der Waals surface area contributed by atoms with Crippen LogP contribution in [0.25, 0.3) is 0 Å². The van der Waals surface area contributed by atoms with Crippen molar-refractivity contribution < 1.29 is 36.3 Å². The molecular formula is C20H27F5N4O3. The first kappa shape index (κ1) is 25.9. The quantitative estimate of drug-likeness (QED) is 0.547. The number of morpholine rings is 1. The Hall–Kier alpha value is -2.31. The van der Waals surface area contributed by atoms with Gasteiger partial charge in [-0.15, -0.1) is 0 Å². The maximum absolute atomic E-state index is 13.7. The Labute approximate surface area is 182 Å². The Morgan fingerprint density at radius 2 is 1.97 bits per heavy atom. The molecule has 0 bridgehead atoms. The van der Waals surface area contributed by atoms with Crippen molar-refractivity contribution in [3.05, 3.63) is 23.8 Å². The number of anilines is 2. The molecule has 0 saturated carbocycles. The zero-order chi connectivity index (χ0) is 24.1. The second-order valence-electron chi connectivity index (χ2n) is 7.81. The van der Waals surface area contributed by atoms with E-state index in [1.165, 1.54) is 11.0 Å². The van der Waals surface area contributed by atoms with Crippen LogP contribution in [0.2, 0.25) is 0 Å². The van der Waals surface area contributed by atoms with E-state index in [2.05, 4.69) is 5.32 Å². The van der Waals surface area contributed by atoms with Gasteiger partial charge in [-0.1, -0.05) is 13.8 Å². The molecule has 0 unspecified atom stereocenters. The summed E-state index contributed by atoms with van der Waals surface area (Å²) >= 11 is 0. The van der Waals surface area contributed by atoms with Crippen molar-refractivity contribution in [1.29, 1.82) is 0 Å². The molecule has 0 aromatic heterocycles. The molecule has 7 nitrogen and oxygen atoms in total. The lowest BCUT2D eigenvalue weighted by molar-refractivity contribution is -0.137. The number of ether oxygens (including phenoxy) is 1. The molecule has 1 atom stereocenters. The van der Waals surface area contributed by atoms with Crippen molar-refractivity contribution in [2.75, 3.05) is 49.6 Å². The van der Waals surface area contributed by atoms with Crippen molar-refractivity contribution in [1.82, 2.24) is 4.90 Å². The van der Waals surface area contributed by atoms with Crippen LogP contribution in [0.1, 0.15) is 19.4 Å². The van der Waals surface area contributed by atoms with Crippen LogP contribution >= 0.6 is 0 Å². The summed E-state index contributed by atoms with van der Waals surface area (Å²) in [6.07, 6.45) is -7.51. The molecular weight excluding hydrogens is 439 g/mol. The fourth-order valence-electron chi connectivity index (χ4n) is 3.47. The summed E-state index contributed by atoms with van der Waals surface area (Å²) in [6, 6.07) is 1.87. The molecule has 0 spiro atoms. The number of nitrogens with zero attached hydrogens (tertiary/aromatic N) is 2. The summed E-state index contributed by atoms with van der Waals surface area (Å²) in [5.74, 6) is -1.45. The number of amides is 2. The molecule has 12 heteroatoms. The first-order valence-electron chi connectivity index (χ1n) is 10.1. The molecule has 32 heavy (non-hydrogen) atoms. The second kappa shape index (κ2) is 11.0. The minimum Gasteiger partial charge on any atom is -0.370 e. The molecule has 0 radical (unpaired) electrons. The van der Waals surface area contributed by atoms with Crippen molar-refractivity contribution in [2.45, 2.75) is 32.5 Å². The van der Waals surface area contributed by atoms with Gasteiger partial charge < -0.3 is 20.7 Å². The van der Waals surface area contributed by atoms with E-state index in [0.717, 1.165) is 11.0 Å². The zero-order valence-electron chi connectivity index (χ0n) is 17.8. The summed E-state index contributed by atoms with van der Waals surface area (Å²) in [5, 5.41) is 2.34. The molecule has 180 valence electrons. The van der Waals surface area contributed by atoms with Gasteiger partial charge in [-0.2, -0.15) is 13.2 Å². The summed E-state index contributed by atoms with van der Waals surface area (Å²) < 4.78 is 72.0. The number of carbonyl (C=O) groups is 2. The van der Waals surface area contributed by atoms with E-state index in [0.29, 0.717) is 6.07 Å². The number of nitrogens with two attached hydrogens (primary N) is 1. The van der Waals surface area contributed by atoms with Crippen LogP contribution in [0, 0.1) is 5.92 Å². The summed E-state index contributed by atoms with van der Waals surface area (Å²) in [6.45, 7) is 2.46. The van der Waals surface area contributed by atoms with Crippen LogP contribution in [0.4, 0.5) is 33.3 Å². The Balaban J connectivity index is 2.30. The third-order valence-electron chi connectivity index (χ3n) is 4.78. The number of hydrogen-bond acceptors (Lipinski definition) is 5. The standard InChI is InChI=1S/C20H27F5N4O3/c1-12(2)9-28(10-17(21)22)16(8-26)19(31)27-13-3-4-15(14(7-13)20(23,24)25)29-5-6-32-11-18(29)30/h3-4,7,12,16-17H,5-6,8-11,26H2,1-2H3,(H,27,31)/t16-/m0/s1. The first-order valence-corrected chi connectivity index (χ1v) is 10.1. The van der Waals surface area contributed by atoms with Gasteiger partial charge in [-0.3, -0.25) is 14.5 Å². The molecule has 2 amide bonds. The van der Waals surface area contributed by atoms with Crippen molar-refractivity contribution in [2.24, 2.45) is 11.7 Å². The highest BCUT2D eigenvalue weighted by molar-refractivity contribution is 5.98. The third kappa shape index (κ3) is 6.84. The molecule has 1 aliphatic rings. The highest BCUT2D eigenvalue weighted by Crippen LogP contribution is 2.38. The van der Waals surface area contributed by atoms with Gasteiger partial charge in [-0.05, 0) is 24.1 Å². The lowest BCUT2D eigenvalue weighted by Gasteiger charge is -2.31. The number of alkyl halides is 5. The van der Waals surface area contributed by atoms with Crippen LogP contribution in [-0.2, 0) is 20.5 Å². The first-order chi connectivity index (χ1) is 14.9. The van der Waals surface area contributed by atoms with Crippen LogP contribution in [-0.4, -0.2) is 68.6 Å². The van der Waals surface area contributed by atoms with Crippen molar-refractivity contribution >= 4 is 23.2 Å². The minimum absolute atomic E-state index is 0.0410. The lowest BCUT2D eigenvalue weighted by atomic mass is 10.1. The second-order valence-corrected chi connectivity index (χ2v) is 7.81. The van der Waals surface area contributed by atoms with E-state index in [9.17, 15) is 31.5 Å². The summed E-state index contributed by atoms with van der Waals surface area (Å²) in [5.41, 5.74) is 3.99. The topological polar surface area (TPSA) is 87.9 Å². The maximum Gasteiger partial charge on any atom is 0.418 e. The minimum atomic E-state index is -4.80. The van der Waals surface area contributed by atoms with E-state index < -0.39 is 42.6 Å². The van der Waals surface area contributed by atoms with Gasteiger partial charge in [0, 0.05) is 25.3 Å². The van der Waals surface area contributed by atoms with E-state index in [4.69, 9.17) is 10.5 Å². The molecule has 1 aromatic rings. The average molecular weight is 466 g/mol. The third-order valence-corrected chi connectivity index (χ3v) is 4.78. The van der Waals surface area contributed by atoms with Crippen LogP contribution < -0.4 is 16.0 Å². The molecule has 0 aliphatic carbocycles. The van der Waals surface area contributed by atoms with E-state index in [-0.39, 0.29) is 50.1 Å². The van der Waals surface area contributed by atoms with Gasteiger partial charge >= 0.3 is 6.18 Å². The number of rotatable bonds is 9. The van der Waals surface area contributed by atoms with Gasteiger partial charge in [0.25, 0.3) is 12.3 Å². The molecule has 1 aliphatic heterocycles. The predicted octanol–water partition coefficient (Wildman–Crippen LogP) is 2.56. The Morgan fingerprint density at radius 1 is 1.28 bits per heavy atom. The molecule has 1 saturated heterocycles. The normalized spacial score (nSPS) is 16.2.